The van der Waals surface area contributed by atoms with Crippen LogP contribution in [-0.2, 0) is 6.42 Å². The lowest BCUT2D eigenvalue weighted by atomic mass is 9.97. The molecule has 0 aliphatic rings. The van der Waals surface area contributed by atoms with Crippen molar-refractivity contribution in [3.63, 3.8) is 0 Å². The lowest BCUT2D eigenvalue weighted by molar-refractivity contribution is 0.552. The van der Waals surface area contributed by atoms with Gasteiger partial charge >= 0.3 is 0 Å². The molecule has 3 N–H and O–H groups in total. The van der Waals surface area contributed by atoms with E-state index in [-0.39, 0.29) is 6.04 Å². The number of nitrogens with two attached hydrogens (primary N) is 1. The van der Waals surface area contributed by atoms with Crippen molar-refractivity contribution < 1.29 is 0 Å². The van der Waals surface area contributed by atoms with Crippen molar-refractivity contribution in [2.24, 2.45) is 5.84 Å². The number of nitrogens with one attached hydrogen (secondary N) is 1. The molecule has 4 heteroatoms. The molecular weight excluding hydrogens is 291 g/mol. The van der Waals surface area contributed by atoms with Crippen LogP contribution in [0.25, 0.3) is 0 Å². The van der Waals surface area contributed by atoms with Crippen LogP contribution in [0.15, 0.2) is 36.4 Å². The largest absolute Gasteiger partial charge is 0.271 e. The van der Waals surface area contributed by atoms with E-state index in [0.717, 1.165) is 12.0 Å². The lowest BCUT2D eigenvalue weighted by Crippen LogP contribution is -2.29. The van der Waals surface area contributed by atoms with Crippen LogP contribution in [-0.4, -0.2) is 0 Å². The van der Waals surface area contributed by atoms with Crippen molar-refractivity contribution in [1.82, 2.24) is 5.43 Å². The van der Waals surface area contributed by atoms with Crippen LogP contribution in [0.5, 0.6) is 0 Å². The molecule has 0 aliphatic heterocycles. The predicted octanol–water partition coefficient (Wildman–Crippen LogP) is 4.36. The molecule has 0 saturated heterocycles. The smallest absolute Gasteiger partial charge is 0.0515 e. The van der Waals surface area contributed by atoms with Crippen molar-refractivity contribution in [3.05, 3.63) is 68.7 Å². The molecule has 0 radical (unpaired) electrons. The molecule has 0 bridgehead atoms. The highest BCUT2D eigenvalue weighted by atomic mass is 35.5. The molecule has 106 valence electrons. The van der Waals surface area contributed by atoms with Crippen LogP contribution in [0, 0.1) is 13.8 Å². The summed E-state index contributed by atoms with van der Waals surface area (Å²) in [6.07, 6.45) is 0.777. The number of rotatable bonds is 4. The first-order valence-corrected chi connectivity index (χ1v) is 7.24. The first kappa shape index (κ1) is 15.3. The van der Waals surface area contributed by atoms with Crippen LogP contribution in [0.1, 0.15) is 28.3 Å². The van der Waals surface area contributed by atoms with E-state index in [4.69, 9.17) is 29.0 Å². The van der Waals surface area contributed by atoms with Gasteiger partial charge in [0.05, 0.1) is 6.04 Å². The molecular formula is C16H18Cl2N2. The van der Waals surface area contributed by atoms with Gasteiger partial charge in [-0.3, -0.25) is 11.3 Å². The highest BCUT2D eigenvalue weighted by Crippen LogP contribution is 2.28. The molecule has 2 aromatic carbocycles. The summed E-state index contributed by atoms with van der Waals surface area (Å²) < 4.78 is 0. The number of hydrogen-bond acceptors (Lipinski definition) is 2. The van der Waals surface area contributed by atoms with E-state index in [2.05, 4.69) is 37.5 Å². The Kier molecular flexibility index (Phi) is 5.06. The maximum atomic E-state index is 6.25. The fourth-order valence-electron chi connectivity index (χ4n) is 2.21. The van der Waals surface area contributed by atoms with E-state index in [1.165, 1.54) is 16.7 Å². The van der Waals surface area contributed by atoms with Gasteiger partial charge in [-0.1, -0.05) is 47.5 Å². The maximum Gasteiger partial charge on any atom is 0.0515 e. The summed E-state index contributed by atoms with van der Waals surface area (Å²) in [4.78, 5) is 0. The second-order valence-corrected chi connectivity index (χ2v) is 5.85. The van der Waals surface area contributed by atoms with Gasteiger partial charge in [0.1, 0.15) is 0 Å². The fraction of sp³-hybridized carbons (Fsp3) is 0.250. The first-order chi connectivity index (χ1) is 9.51. The third-order valence-electron chi connectivity index (χ3n) is 3.55. The van der Waals surface area contributed by atoms with Gasteiger partial charge in [-0.2, -0.15) is 0 Å². The maximum absolute atomic E-state index is 6.25. The topological polar surface area (TPSA) is 38.0 Å². The van der Waals surface area contributed by atoms with E-state index in [1.54, 1.807) is 6.07 Å². The molecule has 2 aromatic rings. The minimum absolute atomic E-state index is 0.0399. The van der Waals surface area contributed by atoms with Crippen LogP contribution >= 0.6 is 23.2 Å². The number of halogens is 2. The lowest BCUT2D eigenvalue weighted by Gasteiger charge is -2.18. The summed E-state index contributed by atoms with van der Waals surface area (Å²) in [6.45, 7) is 4.22. The Balaban J connectivity index is 2.26. The molecule has 0 saturated carbocycles. The van der Waals surface area contributed by atoms with Crippen molar-refractivity contribution >= 4 is 23.2 Å². The van der Waals surface area contributed by atoms with Gasteiger partial charge in [-0.25, -0.2) is 0 Å². The molecule has 0 fully saturated rings. The van der Waals surface area contributed by atoms with Gasteiger partial charge in [0, 0.05) is 10.0 Å². The van der Waals surface area contributed by atoms with Crippen LogP contribution in [0.3, 0.4) is 0 Å². The Morgan fingerprint density at radius 2 is 1.80 bits per heavy atom. The van der Waals surface area contributed by atoms with Crippen molar-refractivity contribution in [1.29, 1.82) is 0 Å². The normalized spacial score (nSPS) is 12.4. The zero-order valence-electron chi connectivity index (χ0n) is 11.6. The summed E-state index contributed by atoms with van der Waals surface area (Å²) in [5.74, 6) is 5.69. The SMILES string of the molecule is Cc1ccc(CC(NN)c2ccc(Cl)cc2Cl)cc1C. The molecule has 0 spiro atoms. The van der Waals surface area contributed by atoms with Gasteiger partial charge in [0.2, 0.25) is 0 Å². The van der Waals surface area contributed by atoms with Gasteiger partial charge in [0.25, 0.3) is 0 Å². The molecule has 20 heavy (non-hydrogen) atoms. The third kappa shape index (κ3) is 3.53. The third-order valence-corrected chi connectivity index (χ3v) is 4.11. The number of benzene rings is 2. The Labute approximate surface area is 129 Å². The van der Waals surface area contributed by atoms with E-state index in [9.17, 15) is 0 Å². The highest BCUT2D eigenvalue weighted by Gasteiger charge is 2.14. The summed E-state index contributed by atoms with van der Waals surface area (Å²) in [7, 11) is 0. The van der Waals surface area contributed by atoms with Crippen LogP contribution in [0.2, 0.25) is 10.0 Å². The molecule has 2 nitrogen and oxygen atoms in total. The Morgan fingerprint density at radius 3 is 2.40 bits per heavy atom. The average molecular weight is 309 g/mol. The van der Waals surface area contributed by atoms with Gasteiger partial charge < -0.3 is 0 Å². The van der Waals surface area contributed by atoms with Gasteiger partial charge in [-0.15, -0.1) is 0 Å². The molecule has 0 amide bonds. The molecule has 2 rings (SSSR count). The second-order valence-electron chi connectivity index (χ2n) is 5.01. The minimum atomic E-state index is -0.0399. The Morgan fingerprint density at radius 1 is 1.05 bits per heavy atom. The summed E-state index contributed by atoms with van der Waals surface area (Å²) in [5.41, 5.74) is 7.58. The summed E-state index contributed by atoms with van der Waals surface area (Å²) in [5, 5.41) is 1.25. The van der Waals surface area contributed by atoms with Crippen molar-refractivity contribution in [2.45, 2.75) is 26.3 Å². The molecule has 0 aliphatic carbocycles. The first-order valence-electron chi connectivity index (χ1n) is 6.48. The van der Waals surface area contributed by atoms with E-state index in [1.807, 2.05) is 12.1 Å². The molecule has 0 aromatic heterocycles. The van der Waals surface area contributed by atoms with E-state index in [0.29, 0.717) is 10.0 Å². The zero-order valence-corrected chi connectivity index (χ0v) is 13.1. The van der Waals surface area contributed by atoms with Crippen molar-refractivity contribution in [3.8, 4) is 0 Å². The summed E-state index contributed by atoms with van der Waals surface area (Å²) in [6, 6.07) is 11.9. The zero-order chi connectivity index (χ0) is 14.7. The number of aryl methyl sites for hydroxylation is 2. The van der Waals surface area contributed by atoms with Gasteiger partial charge in [0.15, 0.2) is 0 Å². The second kappa shape index (κ2) is 6.59. The number of hydrogen-bond donors (Lipinski definition) is 2. The van der Waals surface area contributed by atoms with Crippen LogP contribution < -0.4 is 11.3 Å². The highest BCUT2D eigenvalue weighted by molar-refractivity contribution is 6.35. The number of hydrazine groups is 1. The fourth-order valence-corrected chi connectivity index (χ4v) is 2.75. The molecule has 1 unspecified atom stereocenters. The Bertz CT molecular complexity index is 611. The average Bonchev–Trinajstić information content (AvgIpc) is 2.41. The predicted molar refractivity (Wildman–Crippen MR) is 86.1 cm³/mol. The van der Waals surface area contributed by atoms with Gasteiger partial charge in [-0.05, 0) is 54.7 Å². The quantitative estimate of drug-likeness (QED) is 0.650. The van der Waals surface area contributed by atoms with Crippen LogP contribution in [0.4, 0.5) is 0 Å². The molecule has 1 atom stereocenters. The monoisotopic (exact) mass is 308 g/mol. The van der Waals surface area contributed by atoms with Crippen molar-refractivity contribution in [2.75, 3.05) is 0 Å². The molecule has 0 heterocycles. The summed E-state index contributed by atoms with van der Waals surface area (Å²) >= 11 is 12.2. The standard InChI is InChI=1S/C16H18Cl2N2/c1-10-3-4-12(7-11(10)2)8-16(20-19)14-6-5-13(17)9-15(14)18/h3-7,9,16,20H,8,19H2,1-2H3. The Hall–Kier alpha value is -1.06. The van der Waals surface area contributed by atoms with E-state index >= 15 is 0 Å². The minimum Gasteiger partial charge on any atom is -0.271 e. The van der Waals surface area contributed by atoms with E-state index < -0.39 is 0 Å².